The fourth-order valence-corrected chi connectivity index (χ4v) is 1.97. The Bertz CT molecular complexity index is 113. The summed E-state index contributed by atoms with van der Waals surface area (Å²) in [5.41, 5.74) is 0. The lowest BCUT2D eigenvalue weighted by Crippen LogP contribution is -2.51. The molecule has 2 rings (SSSR count). The summed E-state index contributed by atoms with van der Waals surface area (Å²) in [5, 5.41) is 12.5. The molecule has 0 spiro atoms. The van der Waals surface area contributed by atoms with E-state index in [-0.39, 0.29) is 6.10 Å². The summed E-state index contributed by atoms with van der Waals surface area (Å²) in [7, 11) is 0. The molecular weight excluding hydrogens is 114 g/mol. The highest BCUT2D eigenvalue weighted by Gasteiger charge is 2.40. The Morgan fingerprint density at radius 2 is 2.33 bits per heavy atom. The van der Waals surface area contributed by atoms with Crippen LogP contribution in [0.2, 0.25) is 0 Å². The molecule has 2 N–H and O–H groups in total. The molecule has 0 aromatic carbocycles. The maximum atomic E-state index is 9.20. The molecule has 3 unspecified atom stereocenters. The molecule has 1 heterocycles. The van der Waals surface area contributed by atoms with Gasteiger partial charge in [0.25, 0.3) is 0 Å². The molecule has 1 aliphatic carbocycles. The number of rotatable bonds is 0. The quantitative estimate of drug-likeness (QED) is 0.479. The largest absolute Gasteiger partial charge is 0.393 e. The van der Waals surface area contributed by atoms with E-state index in [2.05, 4.69) is 5.32 Å². The first-order valence-electron chi connectivity index (χ1n) is 3.76. The Kier molecular flexibility index (Phi) is 1.24. The summed E-state index contributed by atoms with van der Waals surface area (Å²) in [6, 6.07) is 0. The molecule has 0 bridgehead atoms. The molecule has 0 radical (unpaired) electrons. The van der Waals surface area contributed by atoms with Gasteiger partial charge in [-0.2, -0.15) is 0 Å². The number of nitrogens with one attached hydrogen (secondary N) is 1. The number of aliphatic hydroxyl groups is 1. The van der Waals surface area contributed by atoms with Crippen molar-refractivity contribution in [3.05, 3.63) is 0 Å². The van der Waals surface area contributed by atoms with Crippen molar-refractivity contribution >= 4 is 0 Å². The molecule has 9 heavy (non-hydrogen) atoms. The Balaban J connectivity index is 1.94. The van der Waals surface area contributed by atoms with Crippen molar-refractivity contribution in [2.45, 2.75) is 18.9 Å². The fraction of sp³-hybridized carbons (Fsp3) is 1.00. The highest BCUT2D eigenvalue weighted by Crippen LogP contribution is 2.38. The van der Waals surface area contributed by atoms with Crippen LogP contribution < -0.4 is 5.32 Å². The van der Waals surface area contributed by atoms with E-state index < -0.39 is 0 Å². The third-order valence-corrected chi connectivity index (χ3v) is 2.72. The van der Waals surface area contributed by atoms with E-state index in [1.807, 2.05) is 0 Å². The van der Waals surface area contributed by atoms with Gasteiger partial charge in [-0.3, -0.25) is 0 Å². The SMILES string of the molecule is OC1CC2CCNCC12. The second-order valence-electron chi connectivity index (χ2n) is 3.22. The van der Waals surface area contributed by atoms with Crippen molar-refractivity contribution in [1.82, 2.24) is 5.32 Å². The van der Waals surface area contributed by atoms with Gasteiger partial charge >= 0.3 is 0 Å². The van der Waals surface area contributed by atoms with Crippen LogP contribution >= 0.6 is 0 Å². The lowest BCUT2D eigenvalue weighted by atomic mass is 9.68. The number of fused-ring (bicyclic) bond motifs is 1. The van der Waals surface area contributed by atoms with Gasteiger partial charge in [0.2, 0.25) is 0 Å². The van der Waals surface area contributed by atoms with Crippen LogP contribution in [-0.4, -0.2) is 24.3 Å². The summed E-state index contributed by atoms with van der Waals surface area (Å²) in [4.78, 5) is 0. The van der Waals surface area contributed by atoms with E-state index in [0.717, 1.165) is 25.4 Å². The van der Waals surface area contributed by atoms with Crippen molar-refractivity contribution in [2.24, 2.45) is 11.8 Å². The molecule has 3 atom stereocenters. The topological polar surface area (TPSA) is 32.3 Å². The monoisotopic (exact) mass is 127 g/mol. The first-order chi connectivity index (χ1) is 4.38. The molecule has 1 saturated carbocycles. The summed E-state index contributed by atoms with van der Waals surface area (Å²) in [6.07, 6.45) is 2.36. The maximum absolute atomic E-state index is 9.20. The van der Waals surface area contributed by atoms with Gasteiger partial charge < -0.3 is 10.4 Å². The molecule has 0 aromatic heterocycles. The zero-order chi connectivity index (χ0) is 6.27. The van der Waals surface area contributed by atoms with E-state index >= 15 is 0 Å². The normalized spacial score (nSPS) is 49.7. The van der Waals surface area contributed by atoms with Crippen molar-refractivity contribution < 1.29 is 5.11 Å². The van der Waals surface area contributed by atoms with Crippen molar-refractivity contribution in [2.75, 3.05) is 13.1 Å². The molecule has 1 aliphatic heterocycles. The first kappa shape index (κ1) is 5.69. The molecular formula is C7H13NO. The minimum absolute atomic E-state index is 0.0165. The molecule has 0 amide bonds. The van der Waals surface area contributed by atoms with Crippen molar-refractivity contribution in [1.29, 1.82) is 0 Å². The molecule has 2 aliphatic rings. The molecule has 2 fully saturated rings. The van der Waals surface area contributed by atoms with Gasteiger partial charge in [0.1, 0.15) is 0 Å². The zero-order valence-electron chi connectivity index (χ0n) is 5.51. The number of piperidine rings is 1. The van der Waals surface area contributed by atoms with E-state index in [4.69, 9.17) is 0 Å². The minimum Gasteiger partial charge on any atom is -0.393 e. The zero-order valence-corrected chi connectivity index (χ0v) is 5.51. The number of aliphatic hydroxyl groups excluding tert-OH is 1. The minimum atomic E-state index is 0.0165. The van der Waals surface area contributed by atoms with E-state index in [1.165, 1.54) is 6.42 Å². The van der Waals surface area contributed by atoms with Crippen LogP contribution in [0.15, 0.2) is 0 Å². The lowest BCUT2D eigenvalue weighted by Gasteiger charge is -2.45. The predicted molar refractivity (Wildman–Crippen MR) is 35.1 cm³/mol. The number of hydrogen-bond donors (Lipinski definition) is 2. The lowest BCUT2D eigenvalue weighted by molar-refractivity contribution is -0.0474. The Hall–Kier alpha value is -0.0800. The van der Waals surface area contributed by atoms with Gasteiger partial charge in [-0.1, -0.05) is 0 Å². The van der Waals surface area contributed by atoms with Gasteiger partial charge in [-0.05, 0) is 25.3 Å². The summed E-state index contributed by atoms with van der Waals surface area (Å²) in [6.45, 7) is 2.21. The van der Waals surface area contributed by atoms with Crippen molar-refractivity contribution in [3.8, 4) is 0 Å². The highest BCUT2D eigenvalue weighted by molar-refractivity contribution is 4.93. The van der Waals surface area contributed by atoms with Gasteiger partial charge in [-0.15, -0.1) is 0 Å². The summed E-state index contributed by atoms with van der Waals surface area (Å²) < 4.78 is 0. The third-order valence-electron chi connectivity index (χ3n) is 2.72. The van der Waals surface area contributed by atoms with Crippen LogP contribution in [0.4, 0.5) is 0 Å². The second-order valence-corrected chi connectivity index (χ2v) is 3.22. The molecule has 0 aromatic rings. The van der Waals surface area contributed by atoms with E-state index in [0.29, 0.717) is 5.92 Å². The molecule has 2 heteroatoms. The fourth-order valence-electron chi connectivity index (χ4n) is 1.97. The summed E-state index contributed by atoms with van der Waals surface area (Å²) in [5.74, 6) is 1.44. The Morgan fingerprint density at radius 1 is 1.44 bits per heavy atom. The molecule has 52 valence electrons. The van der Waals surface area contributed by atoms with Crippen molar-refractivity contribution in [3.63, 3.8) is 0 Å². The first-order valence-corrected chi connectivity index (χ1v) is 3.76. The Labute approximate surface area is 55.3 Å². The number of hydrogen-bond acceptors (Lipinski definition) is 2. The Morgan fingerprint density at radius 3 is 2.89 bits per heavy atom. The van der Waals surface area contributed by atoms with E-state index in [1.54, 1.807) is 0 Å². The second kappa shape index (κ2) is 1.96. The standard InChI is InChI=1S/C7H13NO/c9-7-3-5-1-2-8-4-6(5)7/h5-9H,1-4H2. The van der Waals surface area contributed by atoms with Gasteiger partial charge in [0.05, 0.1) is 6.10 Å². The molecule has 1 saturated heterocycles. The van der Waals surface area contributed by atoms with Gasteiger partial charge in [0.15, 0.2) is 0 Å². The average Bonchev–Trinajstić information content (AvgIpc) is 1.86. The van der Waals surface area contributed by atoms with Crippen LogP contribution in [-0.2, 0) is 0 Å². The van der Waals surface area contributed by atoms with Crippen LogP contribution in [0.1, 0.15) is 12.8 Å². The van der Waals surface area contributed by atoms with Crippen LogP contribution in [0.3, 0.4) is 0 Å². The van der Waals surface area contributed by atoms with E-state index in [9.17, 15) is 5.11 Å². The third kappa shape index (κ3) is 0.775. The van der Waals surface area contributed by atoms with Gasteiger partial charge in [-0.25, -0.2) is 0 Å². The summed E-state index contributed by atoms with van der Waals surface area (Å²) >= 11 is 0. The smallest absolute Gasteiger partial charge is 0.0586 e. The van der Waals surface area contributed by atoms with Crippen LogP contribution in [0.25, 0.3) is 0 Å². The highest BCUT2D eigenvalue weighted by atomic mass is 16.3. The predicted octanol–water partition coefficient (Wildman–Crippen LogP) is -0.0233. The van der Waals surface area contributed by atoms with Crippen LogP contribution in [0.5, 0.6) is 0 Å². The van der Waals surface area contributed by atoms with Crippen LogP contribution in [0, 0.1) is 11.8 Å². The van der Waals surface area contributed by atoms with Gasteiger partial charge in [0, 0.05) is 12.5 Å². The average molecular weight is 127 g/mol. The molecule has 2 nitrogen and oxygen atoms in total. The maximum Gasteiger partial charge on any atom is 0.0586 e.